The Morgan fingerprint density at radius 3 is 2.65 bits per heavy atom. The molecule has 2 aliphatic rings. The van der Waals surface area contributed by atoms with Crippen LogP contribution in [-0.2, 0) is 11.8 Å². The van der Waals surface area contributed by atoms with Crippen LogP contribution in [0.5, 0.6) is 5.75 Å². The monoisotopic (exact) mass is 491 g/mol. The van der Waals surface area contributed by atoms with Crippen LogP contribution in [0.3, 0.4) is 0 Å². The Bertz CT molecular complexity index is 1520. The van der Waals surface area contributed by atoms with Gasteiger partial charge < -0.3 is 4.74 Å². The molecular weight excluding hydrogens is 462 g/mol. The number of nitrogens with zero attached hydrogens (tertiary/aromatic N) is 4. The highest BCUT2D eigenvalue weighted by Gasteiger charge is 2.43. The van der Waals surface area contributed by atoms with E-state index in [1.165, 1.54) is 12.0 Å². The molecule has 0 bridgehead atoms. The van der Waals surface area contributed by atoms with Gasteiger partial charge in [0.25, 0.3) is 5.56 Å². The zero-order valence-electron chi connectivity index (χ0n) is 20.9. The van der Waals surface area contributed by atoms with Gasteiger partial charge >= 0.3 is 0 Å². The molecular formula is C30H29N5O2. The molecule has 7 nitrogen and oxygen atoms in total. The summed E-state index contributed by atoms with van der Waals surface area (Å²) in [5, 5.41) is 4.43. The molecule has 0 amide bonds. The molecule has 2 aliphatic carbocycles. The van der Waals surface area contributed by atoms with Crippen LogP contribution >= 0.6 is 0 Å². The van der Waals surface area contributed by atoms with Crippen molar-refractivity contribution in [3.63, 3.8) is 0 Å². The maximum Gasteiger partial charge on any atom is 0.263 e. The van der Waals surface area contributed by atoms with Crippen molar-refractivity contribution < 1.29 is 4.74 Å². The van der Waals surface area contributed by atoms with Crippen LogP contribution in [0.4, 0.5) is 5.95 Å². The number of rotatable bonds is 5. The highest BCUT2D eigenvalue weighted by molar-refractivity contribution is 5.80. The Morgan fingerprint density at radius 2 is 1.84 bits per heavy atom. The predicted molar refractivity (Wildman–Crippen MR) is 146 cm³/mol. The number of hydrogen-bond donors (Lipinski definition) is 1. The van der Waals surface area contributed by atoms with Gasteiger partial charge in [-0.15, -0.1) is 0 Å². The van der Waals surface area contributed by atoms with Crippen LogP contribution in [0.25, 0.3) is 16.9 Å². The molecule has 4 aromatic rings. The molecule has 1 N–H and O–H groups in total. The fourth-order valence-corrected chi connectivity index (χ4v) is 5.89. The highest BCUT2D eigenvalue weighted by Crippen LogP contribution is 2.48. The third-order valence-corrected chi connectivity index (χ3v) is 7.62. The van der Waals surface area contributed by atoms with Crippen LogP contribution < -0.4 is 15.7 Å². The molecule has 0 saturated heterocycles. The van der Waals surface area contributed by atoms with Gasteiger partial charge in [-0.3, -0.25) is 9.78 Å². The molecule has 7 heteroatoms. The Balaban J connectivity index is 1.58. The number of benzene rings is 2. The summed E-state index contributed by atoms with van der Waals surface area (Å²) in [6.07, 6.45) is 11.4. The molecule has 1 fully saturated rings. The van der Waals surface area contributed by atoms with Crippen molar-refractivity contribution in [2.75, 3.05) is 12.5 Å². The van der Waals surface area contributed by atoms with Crippen LogP contribution in [-0.4, -0.2) is 27.9 Å². The number of methoxy groups -OCH3 is 1. The van der Waals surface area contributed by atoms with Crippen molar-refractivity contribution in [2.24, 2.45) is 5.10 Å². The molecule has 0 atom stereocenters. The minimum atomic E-state index is -0.203. The molecule has 2 aromatic heterocycles. The van der Waals surface area contributed by atoms with E-state index < -0.39 is 0 Å². The van der Waals surface area contributed by atoms with E-state index in [4.69, 9.17) is 9.72 Å². The molecule has 1 saturated carbocycles. The van der Waals surface area contributed by atoms with E-state index in [9.17, 15) is 4.79 Å². The van der Waals surface area contributed by atoms with Gasteiger partial charge in [-0.25, -0.2) is 15.0 Å². The van der Waals surface area contributed by atoms with Gasteiger partial charge in [-0.1, -0.05) is 49.6 Å². The molecule has 186 valence electrons. The zero-order chi connectivity index (χ0) is 25.2. The third kappa shape index (κ3) is 4.20. The van der Waals surface area contributed by atoms with Crippen molar-refractivity contribution in [1.82, 2.24) is 14.5 Å². The average molecular weight is 492 g/mol. The Labute approximate surface area is 215 Å². The molecule has 37 heavy (non-hydrogen) atoms. The number of aromatic nitrogens is 3. The minimum absolute atomic E-state index is 0.0451. The summed E-state index contributed by atoms with van der Waals surface area (Å²) < 4.78 is 7.12. The number of hydrazone groups is 1. The summed E-state index contributed by atoms with van der Waals surface area (Å²) in [5.41, 5.74) is 8.29. The summed E-state index contributed by atoms with van der Waals surface area (Å²) in [6.45, 7) is 0. The Hall–Kier alpha value is -4.26. The normalized spacial score (nSPS) is 15.8. The number of anilines is 1. The number of nitrogens with one attached hydrogen (secondary N) is 1. The molecule has 0 unspecified atom stereocenters. The summed E-state index contributed by atoms with van der Waals surface area (Å²) in [4.78, 5) is 23.7. The van der Waals surface area contributed by atoms with Crippen molar-refractivity contribution in [1.29, 1.82) is 0 Å². The molecule has 2 aromatic carbocycles. The first-order chi connectivity index (χ1) is 18.2. The second-order valence-corrected chi connectivity index (χ2v) is 9.83. The van der Waals surface area contributed by atoms with E-state index in [1.54, 1.807) is 30.3 Å². The van der Waals surface area contributed by atoms with Crippen LogP contribution in [0, 0.1) is 0 Å². The lowest BCUT2D eigenvalue weighted by molar-refractivity contribution is 0.284. The van der Waals surface area contributed by atoms with Gasteiger partial charge in [-0.05, 0) is 54.7 Å². The summed E-state index contributed by atoms with van der Waals surface area (Å²) in [6, 6.07) is 19.6. The third-order valence-electron chi connectivity index (χ3n) is 7.62. The minimum Gasteiger partial charge on any atom is -0.497 e. The quantitative estimate of drug-likeness (QED) is 0.294. The maximum atomic E-state index is 14.5. The van der Waals surface area contributed by atoms with Gasteiger partial charge in [0.15, 0.2) is 0 Å². The van der Waals surface area contributed by atoms with Crippen LogP contribution in [0.1, 0.15) is 48.8 Å². The maximum absolute atomic E-state index is 14.5. The highest BCUT2D eigenvalue weighted by atomic mass is 16.5. The number of pyridine rings is 1. The van der Waals surface area contributed by atoms with Crippen LogP contribution in [0.2, 0.25) is 0 Å². The number of ether oxygens (including phenoxy) is 1. The average Bonchev–Trinajstić information content (AvgIpc) is 2.94. The van der Waals surface area contributed by atoms with E-state index in [1.807, 2.05) is 42.5 Å². The van der Waals surface area contributed by atoms with Crippen molar-refractivity contribution in [2.45, 2.75) is 43.9 Å². The van der Waals surface area contributed by atoms with Gasteiger partial charge in [0.1, 0.15) is 5.75 Å². The van der Waals surface area contributed by atoms with Gasteiger partial charge in [0.05, 0.1) is 30.3 Å². The standard InChI is InChI=1S/C30H29N5O2/c1-37-24-10-7-9-23(18-24)35-28(36)26-27(33-29(35)34-32-20-21-12-16-31-17-13-21)25-11-4-3-8-22(25)19-30(26)14-5-2-6-15-30/h3-4,7-13,16-18,20H,2,5-6,14-15,19H2,1H3,(H,33,34)/b32-20+. The SMILES string of the molecule is COc1cccc(-n2c(N/N=C/c3ccncc3)nc3c(c2=O)C2(CCCCC2)Cc2ccccc2-3)c1. The van der Waals surface area contributed by atoms with E-state index >= 15 is 0 Å². The fourth-order valence-electron chi connectivity index (χ4n) is 5.89. The zero-order valence-corrected chi connectivity index (χ0v) is 20.9. The van der Waals surface area contributed by atoms with E-state index in [0.29, 0.717) is 17.4 Å². The first-order valence-corrected chi connectivity index (χ1v) is 12.8. The lowest BCUT2D eigenvalue weighted by Gasteiger charge is -2.42. The predicted octanol–water partition coefficient (Wildman–Crippen LogP) is 5.51. The van der Waals surface area contributed by atoms with Crippen LogP contribution in [0.15, 0.2) is 83.0 Å². The summed E-state index contributed by atoms with van der Waals surface area (Å²) in [7, 11) is 1.62. The summed E-state index contributed by atoms with van der Waals surface area (Å²) in [5.74, 6) is 1.04. The fraction of sp³-hybridized carbons (Fsp3) is 0.267. The summed E-state index contributed by atoms with van der Waals surface area (Å²) >= 11 is 0. The van der Waals surface area contributed by atoms with Gasteiger partial charge in [0.2, 0.25) is 5.95 Å². The van der Waals surface area contributed by atoms with Gasteiger partial charge in [0, 0.05) is 29.4 Å². The molecule has 0 aliphatic heterocycles. The van der Waals surface area contributed by atoms with Crippen molar-refractivity contribution in [3.8, 4) is 22.7 Å². The lowest BCUT2D eigenvalue weighted by atomic mass is 9.62. The Morgan fingerprint density at radius 1 is 1.03 bits per heavy atom. The van der Waals surface area contributed by atoms with Gasteiger partial charge in [-0.2, -0.15) is 5.10 Å². The van der Waals surface area contributed by atoms with E-state index in [0.717, 1.165) is 54.5 Å². The Kier molecular flexibility index (Phi) is 6.04. The number of fused-ring (bicyclic) bond motifs is 4. The largest absolute Gasteiger partial charge is 0.497 e. The second-order valence-electron chi connectivity index (χ2n) is 9.83. The lowest BCUT2D eigenvalue weighted by Crippen LogP contribution is -2.42. The number of hydrogen-bond acceptors (Lipinski definition) is 6. The van der Waals surface area contributed by atoms with E-state index in [-0.39, 0.29) is 11.0 Å². The molecule has 1 spiro atoms. The first-order valence-electron chi connectivity index (χ1n) is 12.8. The van der Waals surface area contributed by atoms with E-state index in [2.05, 4.69) is 33.7 Å². The topological polar surface area (TPSA) is 81.4 Å². The second kappa shape index (κ2) is 9.65. The molecule has 0 radical (unpaired) electrons. The smallest absolute Gasteiger partial charge is 0.263 e. The first kappa shape index (κ1) is 23.2. The van der Waals surface area contributed by atoms with Crippen molar-refractivity contribution >= 4 is 12.2 Å². The van der Waals surface area contributed by atoms with Crippen molar-refractivity contribution in [3.05, 3.63) is 100 Å². The molecule has 2 heterocycles. The molecule has 6 rings (SSSR count).